The van der Waals surface area contributed by atoms with E-state index in [1.165, 1.54) is 6.92 Å². The van der Waals surface area contributed by atoms with Crippen LogP contribution in [-0.2, 0) is 20.2 Å². The van der Waals surface area contributed by atoms with Gasteiger partial charge >= 0.3 is 0 Å². The van der Waals surface area contributed by atoms with Gasteiger partial charge in [0.25, 0.3) is 25.9 Å². The molecule has 0 saturated heterocycles. The minimum Gasteiger partial charge on any atom is -0.505 e. The Bertz CT molecular complexity index is 1580. The SMILES string of the molecule is Cc1nc(N=Nc2cc(S(=O)(=O)O)c3cc([N+](=O)[O-])cc(S(=O)(=O)O)c3c2)cc(C=O)c1O. The van der Waals surface area contributed by atoms with Crippen LogP contribution >= 0.6 is 0 Å². The van der Waals surface area contributed by atoms with Crippen LogP contribution in [0.25, 0.3) is 10.8 Å². The van der Waals surface area contributed by atoms with Gasteiger partial charge in [0.15, 0.2) is 12.1 Å². The fourth-order valence-electron chi connectivity index (χ4n) is 2.88. The molecule has 0 saturated carbocycles. The predicted octanol–water partition coefficient (Wildman–Crippen LogP) is 2.88. The molecule has 172 valence electrons. The predicted molar refractivity (Wildman–Crippen MR) is 110 cm³/mol. The minimum absolute atomic E-state index is 0.0339. The normalized spacial score (nSPS) is 12.3. The third kappa shape index (κ3) is 4.82. The molecule has 3 aromatic rings. The number of carbonyl (C=O) groups excluding carboxylic acids is 1. The van der Waals surface area contributed by atoms with Crippen LogP contribution in [0.5, 0.6) is 5.75 Å². The first kappa shape index (κ1) is 23.8. The van der Waals surface area contributed by atoms with E-state index in [1.54, 1.807) is 0 Å². The molecule has 33 heavy (non-hydrogen) atoms. The largest absolute Gasteiger partial charge is 0.505 e. The maximum Gasteiger partial charge on any atom is 0.295 e. The standard InChI is InChI=1S/C17H12N4O10S2/c1-8-17(23)9(7-22)2-16(18-8)20-19-10-3-12-13(14(4-10)32(26,27)28)5-11(21(24)25)6-15(12)33(29,30)31/h2-7,23H,1H3,(H,26,27,28)(H,29,30,31). The molecule has 0 aliphatic rings. The Morgan fingerprint density at radius 1 is 0.970 bits per heavy atom. The van der Waals surface area contributed by atoms with Crippen LogP contribution in [0.3, 0.4) is 0 Å². The molecule has 3 rings (SSSR count). The van der Waals surface area contributed by atoms with Gasteiger partial charge in [0, 0.05) is 22.9 Å². The van der Waals surface area contributed by atoms with Crippen molar-refractivity contribution < 1.29 is 40.8 Å². The van der Waals surface area contributed by atoms with Crippen molar-refractivity contribution in [2.75, 3.05) is 0 Å². The van der Waals surface area contributed by atoms with Gasteiger partial charge in [-0.1, -0.05) is 0 Å². The third-order valence-electron chi connectivity index (χ3n) is 4.31. The number of non-ortho nitro benzene ring substituents is 1. The lowest BCUT2D eigenvalue weighted by molar-refractivity contribution is -0.384. The number of azo groups is 1. The smallest absolute Gasteiger partial charge is 0.295 e. The van der Waals surface area contributed by atoms with Crippen molar-refractivity contribution in [2.24, 2.45) is 10.2 Å². The number of aromatic nitrogens is 1. The Kier molecular flexibility index (Phi) is 5.95. The second-order valence-corrected chi connectivity index (χ2v) is 9.29. The molecule has 0 fully saturated rings. The van der Waals surface area contributed by atoms with Gasteiger partial charge in [-0.15, -0.1) is 10.2 Å². The van der Waals surface area contributed by atoms with Crippen molar-refractivity contribution in [3.63, 3.8) is 0 Å². The number of rotatable bonds is 6. The van der Waals surface area contributed by atoms with E-state index >= 15 is 0 Å². The zero-order valence-electron chi connectivity index (χ0n) is 16.3. The Morgan fingerprint density at radius 2 is 1.55 bits per heavy atom. The van der Waals surface area contributed by atoms with Gasteiger partial charge in [0.05, 0.1) is 21.9 Å². The first-order valence-corrected chi connectivity index (χ1v) is 11.4. The van der Waals surface area contributed by atoms with Gasteiger partial charge in [-0.25, -0.2) is 4.98 Å². The number of aldehydes is 1. The van der Waals surface area contributed by atoms with E-state index < -0.39 is 51.4 Å². The van der Waals surface area contributed by atoms with E-state index in [-0.39, 0.29) is 28.5 Å². The van der Waals surface area contributed by atoms with E-state index in [9.17, 15) is 46.0 Å². The molecule has 0 aliphatic heterocycles. The Labute approximate surface area is 184 Å². The number of hydrogen-bond acceptors (Lipinski definition) is 11. The Hall–Kier alpha value is -3.86. The molecule has 1 heterocycles. The van der Waals surface area contributed by atoms with Crippen molar-refractivity contribution in [1.29, 1.82) is 0 Å². The highest BCUT2D eigenvalue weighted by Gasteiger charge is 2.25. The lowest BCUT2D eigenvalue weighted by Crippen LogP contribution is -2.04. The van der Waals surface area contributed by atoms with E-state index in [0.29, 0.717) is 18.4 Å². The van der Waals surface area contributed by atoms with Crippen molar-refractivity contribution >= 4 is 54.5 Å². The number of hydrogen-bond donors (Lipinski definition) is 3. The average molecular weight is 496 g/mol. The third-order valence-corrected chi connectivity index (χ3v) is 6.10. The molecule has 0 atom stereocenters. The molecule has 0 spiro atoms. The average Bonchev–Trinajstić information content (AvgIpc) is 2.71. The summed E-state index contributed by atoms with van der Waals surface area (Å²) in [5.74, 6) is -0.567. The maximum atomic E-state index is 11.9. The summed E-state index contributed by atoms with van der Waals surface area (Å²) in [6, 6.07) is 3.99. The van der Waals surface area contributed by atoms with Gasteiger partial charge in [0.1, 0.15) is 15.5 Å². The maximum absolute atomic E-state index is 11.9. The molecule has 0 aliphatic carbocycles. The quantitative estimate of drug-likeness (QED) is 0.148. The van der Waals surface area contributed by atoms with Gasteiger partial charge in [-0.3, -0.25) is 24.0 Å². The molecule has 16 heteroatoms. The zero-order chi connectivity index (χ0) is 24.7. The first-order chi connectivity index (χ1) is 15.2. The van der Waals surface area contributed by atoms with Crippen LogP contribution in [0.2, 0.25) is 0 Å². The number of aromatic hydroxyl groups is 1. The number of benzene rings is 2. The van der Waals surface area contributed by atoms with E-state index in [0.717, 1.165) is 18.2 Å². The van der Waals surface area contributed by atoms with Crippen molar-refractivity contribution in [3.05, 3.63) is 51.7 Å². The molecule has 0 radical (unpaired) electrons. The molecule has 0 bridgehead atoms. The number of pyridine rings is 1. The summed E-state index contributed by atoms with van der Waals surface area (Å²) in [4.78, 5) is 23.1. The fraction of sp³-hybridized carbons (Fsp3) is 0.0588. The van der Waals surface area contributed by atoms with Gasteiger partial charge < -0.3 is 5.11 Å². The molecule has 14 nitrogen and oxygen atoms in total. The fourth-order valence-corrected chi connectivity index (χ4v) is 4.31. The lowest BCUT2D eigenvalue weighted by atomic mass is 10.1. The van der Waals surface area contributed by atoms with Gasteiger partial charge in [-0.2, -0.15) is 16.8 Å². The second-order valence-electron chi connectivity index (χ2n) is 6.51. The summed E-state index contributed by atoms with van der Waals surface area (Å²) < 4.78 is 66.5. The summed E-state index contributed by atoms with van der Waals surface area (Å²) in [5.41, 5.74) is -1.34. The Balaban J connectivity index is 2.34. The summed E-state index contributed by atoms with van der Waals surface area (Å²) >= 11 is 0. The molecule has 0 unspecified atom stereocenters. The van der Waals surface area contributed by atoms with Crippen molar-refractivity contribution in [2.45, 2.75) is 16.7 Å². The highest BCUT2D eigenvalue weighted by Crippen LogP contribution is 2.36. The summed E-state index contributed by atoms with van der Waals surface area (Å²) in [7, 11) is -10.1. The number of aryl methyl sites for hydroxylation is 1. The van der Waals surface area contributed by atoms with E-state index in [4.69, 9.17) is 0 Å². The van der Waals surface area contributed by atoms with Crippen LogP contribution in [0, 0.1) is 17.0 Å². The number of fused-ring (bicyclic) bond motifs is 1. The summed E-state index contributed by atoms with van der Waals surface area (Å²) in [5, 5.41) is 27.2. The van der Waals surface area contributed by atoms with Crippen LogP contribution in [0.4, 0.5) is 17.2 Å². The monoisotopic (exact) mass is 496 g/mol. The van der Waals surface area contributed by atoms with E-state index in [1.807, 2.05) is 0 Å². The number of nitro groups is 1. The van der Waals surface area contributed by atoms with E-state index in [2.05, 4.69) is 15.2 Å². The second kappa shape index (κ2) is 8.24. The molecular weight excluding hydrogens is 484 g/mol. The number of nitro benzene ring substituents is 1. The molecule has 2 aromatic carbocycles. The highest BCUT2D eigenvalue weighted by molar-refractivity contribution is 7.86. The van der Waals surface area contributed by atoms with Crippen LogP contribution in [0.15, 0.2) is 50.4 Å². The molecule has 3 N–H and O–H groups in total. The zero-order valence-corrected chi connectivity index (χ0v) is 17.9. The highest BCUT2D eigenvalue weighted by atomic mass is 32.2. The lowest BCUT2D eigenvalue weighted by Gasteiger charge is -2.09. The first-order valence-electron chi connectivity index (χ1n) is 8.51. The van der Waals surface area contributed by atoms with Crippen LogP contribution < -0.4 is 0 Å². The van der Waals surface area contributed by atoms with Crippen LogP contribution in [-0.4, -0.2) is 47.2 Å². The van der Waals surface area contributed by atoms with Crippen molar-refractivity contribution in [3.8, 4) is 5.75 Å². The molecular formula is C17H12N4O10S2. The van der Waals surface area contributed by atoms with Crippen molar-refractivity contribution in [1.82, 2.24) is 4.98 Å². The summed E-state index contributed by atoms with van der Waals surface area (Å²) in [6.07, 6.45) is 0.334. The minimum atomic E-state index is -5.08. The number of carbonyl (C=O) groups is 1. The van der Waals surface area contributed by atoms with Gasteiger partial charge in [-0.05, 0) is 25.1 Å². The number of nitrogens with zero attached hydrogens (tertiary/aromatic N) is 4. The Morgan fingerprint density at radius 3 is 2.09 bits per heavy atom. The topological polar surface area (TPSA) is 227 Å². The van der Waals surface area contributed by atoms with Gasteiger partial charge in [0.2, 0.25) is 0 Å². The molecule has 1 aromatic heterocycles. The van der Waals surface area contributed by atoms with Crippen LogP contribution in [0.1, 0.15) is 16.1 Å². The summed E-state index contributed by atoms with van der Waals surface area (Å²) in [6.45, 7) is 1.37. The molecule has 0 amide bonds.